The lowest BCUT2D eigenvalue weighted by Gasteiger charge is -2.27. The van der Waals surface area contributed by atoms with Gasteiger partial charge in [0.2, 0.25) is 0 Å². The molecule has 3 rings (SSSR count). The highest BCUT2D eigenvalue weighted by Crippen LogP contribution is 2.20. The molecule has 0 aliphatic carbocycles. The van der Waals surface area contributed by atoms with Gasteiger partial charge in [0.05, 0.1) is 11.8 Å². The fraction of sp³-hybridized carbons (Fsp3) is 0.348. The first-order valence-corrected chi connectivity index (χ1v) is 10.1. The van der Waals surface area contributed by atoms with Crippen LogP contribution in [0.5, 0.6) is 0 Å². The Kier molecular flexibility index (Phi) is 7.66. The molecule has 0 spiro atoms. The smallest absolute Gasteiger partial charge is 0.145 e. The highest BCUT2D eigenvalue weighted by Gasteiger charge is 2.25. The van der Waals surface area contributed by atoms with Gasteiger partial charge < -0.3 is 9.94 Å². The molecule has 148 valence electrons. The van der Waals surface area contributed by atoms with Crippen molar-refractivity contribution in [2.75, 3.05) is 13.1 Å². The Morgan fingerprint density at radius 1 is 1.25 bits per heavy atom. The Hall–Kier alpha value is -2.14. The molecule has 0 saturated carbocycles. The number of hydrogen-bond acceptors (Lipinski definition) is 4. The van der Waals surface area contributed by atoms with Crippen LogP contribution in [0.4, 0.5) is 0 Å². The van der Waals surface area contributed by atoms with Gasteiger partial charge >= 0.3 is 0 Å². The van der Waals surface area contributed by atoms with E-state index in [1.807, 2.05) is 54.6 Å². The van der Waals surface area contributed by atoms with Crippen LogP contribution in [0.3, 0.4) is 0 Å². The predicted molar refractivity (Wildman–Crippen MR) is 115 cm³/mol. The second-order valence-corrected chi connectivity index (χ2v) is 7.62. The van der Waals surface area contributed by atoms with Gasteiger partial charge in [0.25, 0.3) is 0 Å². The molecule has 0 bridgehead atoms. The van der Waals surface area contributed by atoms with E-state index in [1.165, 1.54) is 0 Å². The van der Waals surface area contributed by atoms with E-state index in [-0.39, 0.29) is 6.10 Å². The van der Waals surface area contributed by atoms with Gasteiger partial charge in [-0.05, 0) is 36.1 Å². The molecule has 1 N–H and O–H groups in total. The molecule has 4 nitrogen and oxygen atoms in total. The summed E-state index contributed by atoms with van der Waals surface area (Å²) in [4.78, 5) is 7.91. The predicted octanol–water partition coefficient (Wildman–Crippen LogP) is 4.66. The van der Waals surface area contributed by atoms with Gasteiger partial charge in [-0.2, -0.15) is 0 Å². The topological polar surface area (TPSA) is 45.1 Å². The molecule has 1 aliphatic rings. The van der Waals surface area contributed by atoms with Crippen molar-refractivity contribution in [3.63, 3.8) is 0 Å². The van der Waals surface area contributed by atoms with Gasteiger partial charge in [-0.1, -0.05) is 65.3 Å². The molecule has 0 radical (unpaired) electrons. The number of benzene rings is 2. The minimum atomic E-state index is -0.409. The maximum Gasteiger partial charge on any atom is 0.145 e. The summed E-state index contributed by atoms with van der Waals surface area (Å²) in [5, 5.41) is 15.4. The molecule has 1 aliphatic heterocycles. The molecule has 1 heterocycles. The monoisotopic (exact) mass is 398 g/mol. The van der Waals surface area contributed by atoms with Crippen LogP contribution in [0.15, 0.2) is 72.4 Å². The third kappa shape index (κ3) is 6.20. The molecule has 5 heteroatoms. The second-order valence-electron chi connectivity index (χ2n) is 7.18. The SMILES string of the molecule is C=CCC[C@H](O)CN(Cc1cccc(Cl)c1)C[C@H]1CC(c2ccccc2)=NO1. The van der Waals surface area contributed by atoms with E-state index in [2.05, 4.69) is 22.7 Å². The summed E-state index contributed by atoms with van der Waals surface area (Å²) in [6.45, 7) is 5.70. The van der Waals surface area contributed by atoms with Gasteiger partial charge in [-0.3, -0.25) is 4.90 Å². The third-order valence-corrected chi connectivity index (χ3v) is 5.01. The minimum Gasteiger partial charge on any atom is -0.392 e. The van der Waals surface area contributed by atoms with Crippen LogP contribution in [0.1, 0.15) is 30.4 Å². The van der Waals surface area contributed by atoms with Crippen molar-refractivity contribution in [1.82, 2.24) is 4.90 Å². The summed E-state index contributed by atoms with van der Waals surface area (Å²) < 4.78 is 0. The molecular weight excluding hydrogens is 372 g/mol. The Morgan fingerprint density at radius 2 is 2.07 bits per heavy atom. The van der Waals surface area contributed by atoms with Crippen LogP contribution in [0.2, 0.25) is 5.02 Å². The maximum atomic E-state index is 10.4. The standard InChI is InChI=1S/C23H27ClN2O2/c1-2-3-12-21(27)16-26(15-18-8-7-11-20(24)13-18)17-22-14-23(25-28-22)19-9-5-4-6-10-19/h2,4-11,13,21-22,27H,1,3,12,14-17H2/t21-,22+/m0/s1. The van der Waals surface area contributed by atoms with Crippen LogP contribution in [-0.2, 0) is 11.4 Å². The van der Waals surface area contributed by atoms with Crippen molar-refractivity contribution in [3.8, 4) is 0 Å². The average Bonchev–Trinajstić information content (AvgIpc) is 3.15. The van der Waals surface area contributed by atoms with Crippen molar-refractivity contribution in [2.45, 2.75) is 38.0 Å². The summed E-state index contributed by atoms with van der Waals surface area (Å²) in [6, 6.07) is 17.9. The second kappa shape index (κ2) is 10.4. The molecule has 0 unspecified atom stereocenters. The third-order valence-electron chi connectivity index (χ3n) is 4.77. The number of rotatable bonds is 10. The van der Waals surface area contributed by atoms with Crippen LogP contribution in [-0.4, -0.2) is 41.0 Å². The molecule has 2 aromatic carbocycles. The Labute approximate surface area is 172 Å². The minimum absolute atomic E-state index is 0.0269. The zero-order valence-electron chi connectivity index (χ0n) is 16.0. The first-order valence-electron chi connectivity index (χ1n) is 9.68. The molecule has 0 amide bonds. The van der Waals surface area contributed by atoms with Crippen molar-refractivity contribution < 1.29 is 9.94 Å². The molecule has 0 aromatic heterocycles. The van der Waals surface area contributed by atoms with E-state index >= 15 is 0 Å². The van der Waals surface area contributed by atoms with Crippen molar-refractivity contribution in [2.24, 2.45) is 5.16 Å². The highest BCUT2D eigenvalue weighted by molar-refractivity contribution is 6.30. The largest absolute Gasteiger partial charge is 0.392 e. The molecule has 2 atom stereocenters. The fourth-order valence-corrected chi connectivity index (χ4v) is 3.62. The molecule has 28 heavy (non-hydrogen) atoms. The summed E-state index contributed by atoms with van der Waals surface area (Å²) >= 11 is 6.14. The van der Waals surface area contributed by atoms with Gasteiger partial charge in [0, 0.05) is 31.1 Å². The summed E-state index contributed by atoms with van der Waals surface area (Å²) in [6.07, 6.45) is 3.66. The Morgan fingerprint density at radius 3 is 2.82 bits per heavy atom. The molecule has 2 aromatic rings. The number of oxime groups is 1. The average molecular weight is 399 g/mol. The Balaban J connectivity index is 1.62. The lowest BCUT2D eigenvalue weighted by Crippen LogP contribution is -2.37. The summed E-state index contributed by atoms with van der Waals surface area (Å²) in [7, 11) is 0. The first-order chi connectivity index (χ1) is 13.6. The lowest BCUT2D eigenvalue weighted by molar-refractivity contribution is 0.0308. The van der Waals surface area contributed by atoms with E-state index < -0.39 is 6.10 Å². The van der Waals surface area contributed by atoms with Crippen LogP contribution >= 0.6 is 11.6 Å². The normalized spacial score (nSPS) is 17.2. The quantitative estimate of drug-likeness (QED) is 0.592. The number of nitrogens with zero attached hydrogens (tertiary/aromatic N) is 2. The fourth-order valence-electron chi connectivity index (χ4n) is 3.41. The summed E-state index contributed by atoms with van der Waals surface area (Å²) in [5.41, 5.74) is 3.18. The van der Waals surface area contributed by atoms with E-state index in [4.69, 9.17) is 16.4 Å². The number of aliphatic hydroxyl groups excluding tert-OH is 1. The zero-order chi connectivity index (χ0) is 19.8. The van der Waals surface area contributed by atoms with Gasteiger partial charge in [-0.25, -0.2) is 0 Å². The number of hydrogen-bond donors (Lipinski definition) is 1. The highest BCUT2D eigenvalue weighted by atomic mass is 35.5. The molecular formula is C23H27ClN2O2. The number of allylic oxidation sites excluding steroid dienone is 1. The first kappa shape index (κ1) is 20.6. The van der Waals surface area contributed by atoms with Crippen LogP contribution in [0.25, 0.3) is 0 Å². The van der Waals surface area contributed by atoms with Gasteiger partial charge in [-0.15, -0.1) is 6.58 Å². The van der Waals surface area contributed by atoms with Crippen LogP contribution in [0, 0.1) is 0 Å². The van der Waals surface area contributed by atoms with E-state index in [0.717, 1.165) is 34.7 Å². The number of aliphatic hydroxyl groups is 1. The Bertz CT molecular complexity index is 794. The van der Waals surface area contributed by atoms with E-state index in [9.17, 15) is 5.11 Å². The molecule has 0 fully saturated rings. The summed E-state index contributed by atoms with van der Waals surface area (Å²) in [5.74, 6) is 0. The van der Waals surface area contributed by atoms with E-state index in [0.29, 0.717) is 26.1 Å². The van der Waals surface area contributed by atoms with Gasteiger partial charge in [0.15, 0.2) is 0 Å². The lowest BCUT2D eigenvalue weighted by atomic mass is 10.0. The van der Waals surface area contributed by atoms with Crippen LogP contribution < -0.4 is 0 Å². The van der Waals surface area contributed by atoms with Crippen molar-refractivity contribution in [1.29, 1.82) is 0 Å². The van der Waals surface area contributed by atoms with Crippen molar-refractivity contribution >= 4 is 17.3 Å². The zero-order valence-corrected chi connectivity index (χ0v) is 16.8. The van der Waals surface area contributed by atoms with Crippen molar-refractivity contribution in [3.05, 3.63) is 83.4 Å². The van der Waals surface area contributed by atoms with Gasteiger partial charge in [0.1, 0.15) is 6.10 Å². The maximum absolute atomic E-state index is 10.4. The van der Waals surface area contributed by atoms with E-state index in [1.54, 1.807) is 0 Å². The number of halogens is 1. The molecule has 0 saturated heterocycles.